The molecule has 0 aliphatic heterocycles. The average molecular weight is 284 g/mol. The second-order valence-corrected chi connectivity index (χ2v) is 4.58. The van der Waals surface area contributed by atoms with Crippen molar-refractivity contribution in [3.63, 3.8) is 0 Å². The van der Waals surface area contributed by atoms with E-state index in [-0.39, 0.29) is 11.7 Å². The molecule has 6 heteroatoms. The Balaban J connectivity index is 2.16. The van der Waals surface area contributed by atoms with Gasteiger partial charge in [0.05, 0.1) is 0 Å². The normalized spacial score (nSPS) is 11.2. The van der Waals surface area contributed by atoms with Crippen molar-refractivity contribution in [2.45, 2.75) is 6.54 Å². The summed E-state index contributed by atoms with van der Waals surface area (Å²) in [6.45, 7) is 0.481. The first-order valence-corrected chi connectivity index (χ1v) is 6.34. The standard InChI is InChI=1S/C15H16N4O2/c1-19(10-11-5-7-17-8-6-11)15(20)13-4-2-3-12(9-13)14(16)18-21/h2-9,21H,10H2,1H3,(H2,16,18). The van der Waals surface area contributed by atoms with E-state index in [1.807, 2.05) is 12.1 Å². The lowest BCUT2D eigenvalue weighted by atomic mass is 10.1. The molecule has 1 amide bonds. The molecule has 2 aromatic rings. The number of oxime groups is 1. The first-order chi connectivity index (χ1) is 10.1. The van der Waals surface area contributed by atoms with Gasteiger partial charge in [0.15, 0.2) is 5.84 Å². The number of amidine groups is 1. The molecule has 0 aliphatic rings. The number of nitrogens with zero attached hydrogens (tertiary/aromatic N) is 3. The van der Waals surface area contributed by atoms with Crippen LogP contribution in [0.5, 0.6) is 0 Å². The molecule has 1 heterocycles. The fraction of sp³-hybridized carbons (Fsp3) is 0.133. The SMILES string of the molecule is CN(Cc1ccncc1)C(=O)c1cccc(/C(N)=N/O)c1. The predicted octanol–water partition coefficient (Wildman–Crippen LogP) is 1.45. The van der Waals surface area contributed by atoms with E-state index >= 15 is 0 Å². The summed E-state index contributed by atoms with van der Waals surface area (Å²) >= 11 is 0. The summed E-state index contributed by atoms with van der Waals surface area (Å²) in [5, 5.41) is 11.6. The van der Waals surface area contributed by atoms with Gasteiger partial charge in [0.2, 0.25) is 0 Å². The number of benzene rings is 1. The number of rotatable bonds is 4. The van der Waals surface area contributed by atoms with Crippen molar-refractivity contribution < 1.29 is 10.0 Å². The number of pyridine rings is 1. The molecule has 0 saturated carbocycles. The van der Waals surface area contributed by atoms with Gasteiger partial charge in [-0.3, -0.25) is 9.78 Å². The number of hydrogen-bond acceptors (Lipinski definition) is 4. The molecule has 1 aromatic carbocycles. The lowest BCUT2D eigenvalue weighted by molar-refractivity contribution is 0.0785. The minimum atomic E-state index is -0.139. The first kappa shape index (κ1) is 14.5. The van der Waals surface area contributed by atoms with E-state index in [1.54, 1.807) is 48.6 Å². The number of amides is 1. The van der Waals surface area contributed by atoms with Gasteiger partial charge in [0.1, 0.15) is 0 Å². The minimum Gasteiger partial charge on any atom is -0.409 e. The zero-order valence-corrected chi connectivity index (χ0v) is 11.6. The molecule has 0 radical (unpaired) electrons. The Morgan fingerprint density at radius 3 is 2.62 bits per heavy atom. The van der Waals surface area contributed by atoms with Crippen LogP contribution in [0.2, 0.25) is 0 Å². The van der Waals surface area contributed by atoms with E-state index < -0.39 is 0 Å². The highest BCUT2D eigenvalue weighted by Crippen LogP contribution is 2.10. The van der Waals surface area contributed by atoms with Crippen LogP contribution in [0.15, 0.2) is 53.9 Å². The number of carbonyl (C=O) groups excluding carboxylic acids is 1. The highest BCUT2D eigenvalue weighted by atomic mass is 16.4. The summed E-state index contributed by atoms with van der Waals surface area (Å²) in [6, 6.07) is 10.4. The van der Waals surface area contributed by atoms with Gasteiger partial charge in [-0.25, -0.2) is 0 Å². The molecule has 0 fully saturated rings. The van der Waals surface area contributed by atoms with Crippen molar-refractivity contribution in [2.75, 3.05) is 7.05 Å². The van der Waals surface area contributed by atoms with Crippen LogP contribution in [0, 0.1) is 0 Å². The Bertz CT molecular complexity index is 656. The summed E-state index contributed by atoms with van der Waals surface area (Å²) in [5.41, 5.74) is 7.51. The van der Waals surface area contributed by atoms with Crippen molar-refractivity contribution in [2.24, 2.45) is 10.9 Å². The summed E-state index contributed by atoms with van der Waals surface area (Å²) < 4.78 is 0. The second-order valence-electron chi connectivity index (χ2n) is 4.58. The third kappa shape index (κ3) is 3.56. The topological polar surface area (TPSA) is 91.8 Å². The fourth-order valence-electron chi connectivity index (χ4n) is 1.92. The van der Waals surface area contributed by atoms with Crippen LogP contribution in [-0.2, 0) is 6.54 Å². The maximum atomic E-state index is 12.4. The summed E-state index contributed by atoms with van der Waals surface area (Å²) in [6.07, 6.45) is 3.37. The van der Waals surface area contributed by atoms with Crippen LogP contribution in [0.1, 0.15) is 21.5 Å². The monoisotopic (exact) mass is 284 g/mol. The fourth-order valence-corrected chi connectivity index (χ4v) is 1.92. The van der Waals surface area contributed by atoms with Crippen LogP contribution in [0.3, 0.4) is 0 Å². The number of carbonyl (C=O) groups is 1. The van der Waals surface area contributed by atoms with Crippen LogP contribution in [-0.4, -0.2) is 33.9 Å². The summed E-state index contributed by atoms with van der Waals surface area (Å²) in [5.74, 6) is -0.166. The molecule has 108 valence electrons. The molecular weight excluding hydrogens is 268 g/mol. The first-order valence-electron chi connectivity index (χ1n) is 6.34. The Hall–Kier alpha value is -2.89. The third-order valence-electron chi connectivity index (χ3n) is 3.03. The van der Waals surface area contributed by atoms with Crippen LogP contribution in [0.4, 0.5) is 0 Å². The van der Waals surface area contributed by atoms with Gasteiger partial charge in [-0.05, 0) is 29.8 Å². The largest absolute Gasteiger partial charge is 0.409 e. The van der Waals surface area contributed by atoms with Gasteiger partial charge in [-0.1, -0.05) is 17.3 Å². The van der Waals surface area contributed by atoms with Crippen LogP contribution < -0.4 is 5.73 Å². The average Bonchev–Trinajstić information content (AvgIpc) is 2.54. The molecule has 0 saturated heterocycles. The molecule has 21 heavy (non-hydrogen) atoms. The lowest BCUT2D eigenvalue weighted by Gasteiger charge is -2.17. The van der Waals surface area contributed by atoms with E-state index in [0.717, 1.165) is 5.56 Å². The summed E-state index contributed by atoms with van der Waals surface area (Å²) in [4.78, 5) is 17.9. The van der Waals surface area contributed by atoms with Crippen molar-refractivity contribution in [3.8, 4) is 0 Å². The Morgan fingerprint density at radius 2 is 1.95 bits per heavy atom. The highest BCUT2D eigenvalue weighted by Gasteiger charge is 2.13. The molecule has 0 bridgehead atoms. The van der Waals surface area contributed by atoms with Gasteiger partial charge in [-0.15, -0.1) is 0 Å². The van der Waals surface area contributed by atoms with E-state index in [9.17, 15) is 4.79 Å². The van der Waals surface area contributed by atoms with Crippen molar-refractivity contribution in [3.05, 3.63) is 65.5 Å². The number of aromatic nitrogens is 1. The Morgan fingerprint density at radius 1 is 1.29 bits per heavy atom. The summed E-state index contributed by atoms with van der Waals surface area (Å²) in [7, 11) is 1.72. The maximum Gasteiger partial charge on any atom is 0.253 e. The van der Waals surface area contributed by atoms with Crippen LogP contribution in [0.25, 0.3) is 0 Å². The maximum absolute atomic E-state index is 12.4. The second kappa shape index (κ2) is 6.51. The molecule has 6 nitrogen and oxygen atoms in total. The minimum absolute atomic E-state index is 0.0264. The van der Waals surface area contributed by atoms with Crippen molar-refractivity contribution in [1.29, 1.82) is 0 Å². The van der Waals surface area contributed by atoms with Gasteiger partial charge in [-0.2, -0.15) is 0 Å². The zero-order chi connectivity index (χ0) is 15.2. The quantitative estimate of drug-likeness (QED) is 0.385. The van der Waals surface area contributed by atoms with Crippen molar-refractivity contribution in [1.82, 2.24) is 9.88 Å². The third-order valence-corrected chi connectivity index (χ3v) is 3.03. The number of nitrogens with two attached hydrogens (primary N) is 1. The smallest absolute Gasteiger partial charge is 0.253 e. The van der Waals surface area contributed by atoms with E-state index in [4.69, 9.17) is 10.9 Å². The van der Waals surface area contributed by atoms with E-state index in [0.29, 0.717) is 17.7 Å². The Kier molecular flexibility index (Phi) is 4.50. The molecule has 0 aliphatic carbocycles. The van der Waals surface area contributed by atoms with Gasteiger partial charge in [0, 0.05) is 37.1 Å². The Labute approximate surface area is 122 Å². The lowest BCUT2D eigenvalue weighted by Crippen LogP contribution is -2.26. The highest BCUT2D eigenvalue weighted by molar-refractivity contribution is 6.01. The molecule has 0 spiro atoms. The van der Waals surface area contributed by atoms with Gasteiger partial charge in [0.25, 0.3) is 5.91 Å². The molecule has 0 unspecified atom stereocenters. The molecule has 0 atom stereocenters. The van der Waals surface area contributed by atoms with E-state index in [1.165, 1.54) is 0 Å². The zero-order valence-electron chi connectivity index (χ0n) is 11.6. The van der Waals surface area contributed by atoms with Crippen LogP contribution >= 0.6 is 0 Å². The number of hydrogen-bond donors (Lipinski definition) is 2. The van der Waals surface area contributed by atoms with Gasteiger partial charge >= 0.3 is 0 Å². The molecular formula is C15H16N4O2. The molecule has 3 N–H and O–H groups in total. The molecule has 1 aromatic heterocycles. The van der Waals surface area contributed by atoms with Gasteiger partial charge < -0.3 is 15.8 Å². The van der Waals surface area contributed by atoms with Crippen molar-refractivity contribution >= 4 is 11.7 Å². The predicted molar refractivity (Wildman–Crippen MR) is 79.0 cm³/mol. The van der Waals surface area contributed by atoms with E-state index in [2.05, 4.69) is 10.1 Å². The molecule has 2 rings (SSSR count).